The van der Waals surface area contributed by atoms with Gasteiger partial charge in [-0.1, -0.05) is 34.1 Å². The summed E-state index contributed by atoms with van der Waals surface area (Å²) < 4.78 is 12.5. The molecule has 0 radical (unpaired) electrons. The number of hydrogen-bond acceptors (Lipinski definition) is 3. The molecular weight excluding hydrogens is 330 g/mol. The first kappa shape index (κ1) is 15.9. The SMILES string of the molecule is CNCc1cccc(C)c1OCc1cc(Br)ccc1OC. The lowest BCUT2D eigenvalue weighted by Crippen LogP contribution is -2.08. The minimum Gasteiger partial charge on any atom is -0.496 e. The number of nitrogens with one attached hydrogen (secondary N) is 1. The summed E-state index contributed by atoms with van der Waals surface area (Å²) in [6.07, 6.45) is 0. The minimum absolute atomic E-state index is 0.476. The Balaban J connectivity index is 2.22. The molecule has 2 aromatic rings. The Bertz CT molecular complexity index is 614. The molecule has 0 saturated carbocycles. The molecule has 21 heavy (non-hydrogen) atoms. The second kappa shape index (κ2) is 7.48. The van der Waals surface area contributed by atoms with Crippen LogP contribution in [0.3, 0.4) is 0 Å². The van der Waals surface area contributed by atoms with Crippen LogP contribution in [0.25, 0.3) is 0 Å². The minimum atomic E-state index is 0.476. The van der Waals surface area contributed by atoms with Gasteiger partial charge in [-0.3, -0.25) is 0 Å². The van der Waals surface area contributed by atoms with Gasteiger partial charge in [0.25, 0.3) is 0 Å². The van der Waals surface area contributed by atoms with Crippen LogP contribution in [0.2, 0.25) is 0 Å². The number of ether oxygens (including phenoxy) is 2. The van der Waals surface area contributed by atoms with Crippen LogP contribution in [0.1, 0.15) is 16.7 Å². The quantitative estimate of drug-likeness (QED) is 0.852. The summed E-state index contributed by atoms with van der Waals surface area (Å²) in [5.74, 6) is 1.77. The predicted molar refractivity (Wildman–Crippen MR) is 89.0 cm³/mol. The number of rotatable bonds is 6. The van der Waals surface area contributed by atoms with Gasteiger partial charge in [0.1, 0.15) is 18.1 Å². The number of methoxy groups -OCH3 is 1. The van der Waals surface area contributed by atoms with Crippen molar-refractivity contribution in [3.8, 4) is 11.5 Å². The van der Waals surface area contributed by atoms with Crippen molar-refractivity contribution in [2.45, 2.75) is 20.1 Å². The molecule has 0 spiro atoms. The molecule has 2 aromatic carbocycles. The van der Waals surface area contributed by atoms with Crippen molar-refractivity contribution in [2.24, 2.45) is 0 Å². The van der Waals surface area contributed by atoms with E-state index in [1.54, 1.807) is 7.11 Å². The number of hydrogen-bond donors (Lipinski definition) is 1. The van der Waals surface area contributed by atoms with Crippen molar-refractivity contribution >= 4 is 15.9 Å². The summed E-state index contributed by atoms with van der Waals surface area (Å²) in [4.78, 5) is 0. The van der Waals surface area contributed by atoms with E-state index in [1.165, 1.54) is 0 Å². The molecule has 0 unspecified atom stereocenters. The molecule has 2 rings (SSSR count). The van der Waals surface area contributed by atoms with Crippen LogP contribution in [-0.4, -0.2) is 14.2 Å². The molecule has 0 amide bonds. The first-order chi connectivity index (χ1) is 10.2. The topological polar surface area (TPSA) is 30.5 Å². The summed E-state index contributed by atoms with van der Waals surface area (Å²) >= 11 is 3.48. The van der Waals surface area contributed by atoms with Crippen LogP contribution in [0.15, 0.2) is 40.9 Å². The van der Waals surface area contributed by atoms with E-state index in [0.717, 1.165) is 39.2 Å². The maximum atomic E-state index is 6.06. The van der Waals surface area contributed by atoms with Gasteiger partial charge in [-0.2, -0.15) is 0 Å². The van der Waals surface area contributed by atoms with E-state index in [9.17, 15) is 0 Å². The fourth-order valence-electron chi connectivity index (χ4n) is 2.26. The van der Waals surface area contributed by atoms with E-state index in [0.29, 0.717) is 6.61 Å². The van der Waals surface area contributed by atoms with Gasteiger partial charge >= 0.3 is 0 Å². The van der Waals surface area contributed by atoms with Gasteiger partial charge < -0.3 is 14.8 Å². The van der Waals surface area contributed by atoms with E-state index in [1.807, 2.05) is 25.2 Å². The Morgan fingerprint density at radius 3 is 2.67 bits per heavy atom. The maximum Gasteiger partial charge on any atom is 0.127 e. The van der Waals surface area contributed by atoms with E-state index >= 15 is 0 Å². The van der Waals surface area contributed by atoms with Crippen molar-refractivity contribution in [1.29, 1.82) is 0 Å². The summed E-state index contributed by atoms with van der Waals surface area (Å²) in [5, 5.41) is 3.17. The Kier molecular flexibility index (Phi) is 5.65. The van der Waals surface area contributed by atoms with Crippen LogP contribution < -0.4 is 14.8 Å². The Labute approximate surface area is 134 Å². The monoisotopic (exact) mass is 349 g/mol. The third-order valence-electron chi connectivity index (χ3n) is 3.28. The van der Waals surface area contributed by atoms with Gasteiger partial charge in [0.05, 0.1) is 7.11 Å². The zero-order valence-electron chi connectivity index (χ0n) is 12.6. The zero-order chi connectivity index (χ0) is 15.2. The lowest BCUT2D eigenvalue weighted by Gasteiger charge is -2.15. The molecule has 1 N–H and O–H groups in total. The Morgan fingerprint density at radius 2 is 1.95 bits per heavy atom. The Morgan fingerprint density at radius 1 is 1.14 bits per heavy atom. The summed E-state index contributed by atoms with van der Waals surface area (Å²) in [6, 6.07) is 12.1. The molecule has 0 atom stereocenters. The highest BCUT2D eigenvalue weighted by Crippen LogP contribution is 2.28. The van der Waals surface area contributed by atoms with Gasteiger partial charge in [0.2, 0.25) is 0 Å². The number of para-hydroxylation sites is 1. The number of halogens is 1. The third kappa shape index (κ3) is 3.99. The van der Waals surface area contributed by atoms with Crippen LogP contribution in [-0.2, 0) is 13.2 Å². The highest BCUT2D eigenvalue weighted by Gasteiger charge is 2.09. The van der Waals surface area contributed by atoms with Gasteiger partial charge in [0, 0.05) is 22.1 Å². The predicted octanol–water partition coefficient (Wildman–Crippen LogP) is 4.06. The molecule has 0 aromatic heterocycles. The number of benzene rings is 2. The van der Waals surface area contributed by atoms with Crippen LogP contribution in [0.4, 0.5) is 0 Å². The third-order valence-corrected chi connectivity index (χ3v) is 3.77. The molecule has 0 saturated heterocycles. The molecule has 0 bridgehead atoms. The van der Waals surface area contributed by atoms with E-state index in [-0.39, 0.29) is 0 Å². The van der Waals surface area contributed by atoms with Crippen LogP contribution >= 0.6 is 15.9 Å². The van der Waals surface area contributed by atoms with Crippen molar-refractivity contribution < 1.29 is 9.47 Å². The lowest BCUT2D eigenvalue weighted by atomic mass is 10.1. The molecule has 0 aliphatic carbocycles. The van der Waals surface area contributed by atoms with Gasteiger partial charge in [-0.05, 0) is 37.7 Å². The van der Waals surface area contributed by atoms with Crippen molar-refractivity contribution in [1.82, 2.24) is 5.32 Å². The smallest absolute Gasteiger partial charge is 0.127 e. The molecule has 0 heterocycles. The van der Waals surface area contributed by atoms with E-state index in [4.69, 9.17) is 9.47 Å². The average molecular weight is 350 g/mol. The van der Waals surface area contributed by atoms with Crippen LogP contribution in [0, 0.1) is 6.92 Å². The van der Waals surface area contributed by atoms with Crippen molar-refractivity contribution in [2.75, 3.05) is 14.2 Å². The molecule has 0 aliphatic rings. The molecule has 0 fully saturated rings. The summed E-state index contributed by atoms with van der Waals surface area (Å²) in [6.45, 7) is 3.32. The highest BCUT2D eigenvalue weighted by molar-refractivity contribution is 9.10. The zero-order valence-corrected chi connectivity index (χ0v) is 14.2. The lowest BCUT2D eigenvalue weighted by molar-refractivity contribution is 0.291. The fraction of sp³-hybridized carbons (Fsp3) is 0.294. The second-order valence-corrected chi connectivity index (χ2v) is 5.75. The molecule has 112 valence electrons. The van der Waals surface area contributed by atoms with Crippen molar-refractivity contribution in [3.05, 3.63) is 57.6 Å². The van der Waals surface area contributed by atoms with Gasteiger partial charge in [-0.15, -0.1) is 0 Å². The standard InChI is InChI=1S/C17H20BrNO2/c1-12-5-4-6-13(10-19-2)17(12)21-11-14-9-15(18)7-8-16(14)20-3/h4-9,19H,10-11H2,1-3H3. The highest BCUT2D eigenvalue weighted by atomic mass is 79.9. The van der Waals surface area contributed by atoms with E-state index < -0.39 is 0 Å². The number of aryl methyl sites for hydroxylation is 1. The average Bonchev–Trinajstić information content (AvgIpc) is 2.47. The molecular formula is C17H20BrNO2. The first-order valence-corrected chi connectivity index (χ1v) is 7.63. The molecule has 4 heteroatoms. The van der Waals surface area contributed by atoms with Gasteiger partial charge in [0.15, 0.2) is 0 Å². The molecule has 0 aliphatic heterocycles. The van der Waals surface area contributed by atoms with Crippen molar-refractivity contribution in [3.63, 3.8) is 0 Å². The summed E-state index contributed by atoms with van der Waals surface area (Å²) in [7, 11) is 3.61. The molecule has 3 nitrogen and oxygen atoms in total. The first-order valence-electron chi connectivity index (χ1n) is 6.84. The van der Waals surface area contributed by atoms with E-state index in [2.05, 4.69) is 46.4 Å². The van der Waals surface area contributed by atoms with Crippen LogP contribution in [0.5, 0.6) is 11.5 Å². The normalized spacial score (nSPS) is 10.5. The largest absolute Gasteiger partial charge is 0.496 e. The Hall–Kier alpha value is -1.52. The maximum absolute atomic E-state index is 6.06. The second-order valence-electron chi connectivity index (χ2n) is 4.84. The fourth-order valence-corrected chi connectivity index (χ4v) is 2.67. The van der Waals surface area contributed by atoms with Gasteiger partial charge in [-0.25, -0.2) is 0 Å². The summed E-state index contributed by atoms with van der Waals surface area (Å²) in [5.41, 5.74) is 3.31.